The molecule has 0 fully saturated rings. The van der Waals surface area contributed by atoms with Crippen molar-refractivity contribution in [2.75, 3.05) is 0 Å². The molecule has 0 heterocycles. The van der Waals surface area contributed by atoms with E-state index in [4.69, 9.17) is 16.3 Å². The van der Waals surface area contributed by atoms with Crippen LogP contribution in [-0.2, 0) is 0 Å². The fourth-order valence-electron chi connectivity index (χ4n) is 2.48. The molecule has 0 aliphatic carbocycles. The molecule has 0 aromatic heterocycles. The molecule has 0 spiro atoms. The molecule has 8 nitrogen and oxygen atoms in total. The summed E-state index contributed by atoms with van der Waals surface area (Å²) in [5.41, 5.74) is 1.54. The molecule has 0 saturated carbocycles. The Morgan fingerprint density at radius 3 is 2.38 bits per heavy atom. The number of hydrogen-bond acceptors (Lipinski definition) is 6. The van der Waals surface area contributed by atoms with E-state index in [0.29, 0.717) is 10.8 Å². The van der Waals surface area contributed by atoms with Crippen molar-refractivity contribution < 1.29 is 14.6 Å². The Morgan fingerprint density at radius 1 is 1.00 bits per heavy atom. The number of halogens is 1. The van der Waals surface area contributed by atoms with E-state index >= 15 is 0 Å². The van der Waals surface area contributed by atoms with Crippen LogP contribution in [0.5, 0.6) is 11.5 Å². The maximum Gasteiger partial charge on any atom is 0.318 e. The van der Waals surface area contributed by atoms with Gasteiger partial charge in [0.1, 0.15) is 5.75 Å². The third-order valence-electron chi connectivity index (χ3n) is 4.05. The van der Waals surface area contributed by atoms with Gasteiger partial charge in [-0.1, -0.05) is 17.7 Å². The second kappa shape index (κ2) is 8.49. The van der Waals surface area contributed by atoms with E-state index in [1.807, 2.05) is 19.1 Å². The number of nitrogens with zero attached hydrogens (tertiary/aromatic N) is 3. The van der Waals surface area contributed by atoms with Crippen LogP contribution in [0.2, 0.25) is 5.02 Å². The van der Waals surface area contributed by atoms with Crippen LogP contribution in [0.15, 0.2) is 65.7 Å². The van der Waals surface area contributed by atoms with E-state index in [2.05, 4.69) is 4.99 Å². The molecule has 0 radical (unpaired) electrons. The van der Waals surface area contributed by atoms with E-state index in [1.54, 1.807) is 36.5 Å². The quantitative estimate of drug-likeness (QED) is 0.280. The third kappa shape index (κ3) is 4.74. The largest absolute Gasteiger partial charge is 0.450 e. The predicted molar refractivity (Wildman–Crippen MR) is 110 cm³/mol. The molecule has 29 heavy (non-hydrogen) atoms. The van der Waals surface area contributed by atoms with Crippen molar-refractivity contribution in [2.24, 2.45) is 4.99 Å². The first-order valence-electron chi connectivity index (χ1n) is 8.35. The van der Waals surface area contributed by atoms with Gasteiger partial charge in [-0.3, -0.25) is 25.2 Å². The first-order valence-corrected chi connectivity index (χ1v) is 8.73. The molecule has 3 aromatic rings. The van der Waals surface area contributed by atoms with Crippen LogP contribution in [0.25, 0.3) is 0 Å². The standard InChI is InChI=1S/C20H14ClN3O5/c1-13-17(21)3-2-4-18(13)22-12-14-5-8-16(9-6-14)29-20-10-7-15(23(25)26)11-19(20)24(27)28/h2-12H,1H3. The Balaban J connectivity index is 1.79. The highest BCUT2D eigenvalue weighted by molar-refractivity contribution is 6.31. The lowest BCUT2D eigenvalue weighted by atomic mass is 10.2. The monoisotopic (exact) mass is 411 g/mol. The van der Waals surface area contributed by atoms with Crippen LogP contribution in [0.3, 0.4) is 0 Å². The Morgan fingerprint density at radius 2 is 1.72 bits per heavy atom. The summed E-state index contributed by atoms with van der Waals surface area (Å²) in [7, 11) is 0. The molecular weight excluding hydrogens is 398 g/mol. The minimum atomic E-state index is -0.726. The Bertz CT molecular complexity index is 1110. The molecule has 0 bridgehead atoms. The van der Waals surface area contributed by atoms with Crippen molar-refractivity contribution in [3.05, 3.63) is 97.0 Å². The van der Waals surface area contributed by atoms with Gasteiger partial charge in [0.15, 0.2) is 0 Å². The zero-order valence-electron chi connectivity index (χ0n) is 15.1. The SMILES string of the molecule is Cc1c(Cl)cccc1N=Cc1ccc(Oc2ccc([N+](=O)[O-])cc2[N+](=O)[O-])cc1. The summed E-state index contributed by atoms with van der Waals surface area (Å²) >= 11 is 6.08. The minimum Gasteiger partial charge on any atom is -0.450 e. The molecular formula is C20H14ClN3O5. The summed E-state index contributed by atoms with van der Waals surface area (Å²) in [6.07, 6.45) is 1.66. The highest BCUT2D eigenvalue weighted by Crippen LogP contribution is 2.34. The number of benzene rings is 3. The van der Waals surface area contributed by atoms with Crippen molar-refractivity contribution in [3.63, 3.8) is 0 Å². The Labute approximate surface area is 170 Å². The average molecular weight is 412 g/mol. The molecule has 9 heteroatoms. The summed E-state index contributed by atoms with van der Waals surface area (Å²) in [6, 6.07) is 15.4. The van der Waals surface area contributed by atoms with Crippen molar-refractivity contribution >= 4 is 34.9 Å². The van der Waals surface area contributed by atoms with Crippen molar-refractivity contribution in [1.82, 2.24) is 0 Å². The lowest BCUT2D eigenvalue weighted by Crippen LogP contribution is -1.96. The normalized spacial score (nSPS) is 10.8. The zero-order chi connectivity index (χ0) is 21.0. The summed E-state index contributed by atoms with van der Waals surface area (Å²) < 4.78 is 5.53. The molecule has 146 valence electrons. The van der Waals surface area contributed by atoms with Crippen LogP contribution in [0, 0.1) is 27.2 Å². The summed E-state index contributed by atoms with van der Waals surface area (Å²) in [5, 5.41) is 22.6. The van der Waals surface area contributed by atoms with Gasteiger partial charge in [0.05, 0.1) is 21.6 Å². The van der Waals surface area contributed by atoms with Crippen molar-refractivity contribution in [1.29, 1.82) is 0 Å². The Kier molecular flexibility index (Phi) is 5.85. The van der Waals surface area contributed by atoms with Gasteiger partial charge < -0.3 is 4.74 Å². The molecule has 0 unspecified atom stereocenters. The number of nitro groups is 2. The average Bonchev–Trinajstić information content (AvgIpc) is 2.70. The van der Waals surface area contributed by atoms with Gasteiger partial charge in [-0.15, -0.1) is 0 Å². The summed E-state index contributed by atoms with van der Waals surface area (Å²) in [5.74, 6) is 0.259. The van der Waals surface area contributed by atoms with Gasteiger partial charge in [0, 0.05) is 17.3 Å². The third-order valence-corrected chi connectivity index (χ3v) is 4.46. The predicted octanol–water partition coefficient (Wildman–Crippen LogP) is 6.01. The van der Waals surface area contributed by atoms with Crippen LogP contribution in [-0.4, -0.2) is 16.1 Å². The van der Waals surface area contributed by atoms with Crippen LogP contribution >= 0.6 is 11.6 Å². The van der Waals surface area contributed by atoms with Crippen molar-refractivity contribution in [2.45, 2.75) is 6.92 Å². The molecule has 0 atom stereocenters. The number of non-ortho nitro benzene ring substituents is 1. The fourth-order valence-corrected chi connectivity index (χ4v) is 2.65. The lowest BCUT2D eigenvalue weighted by Gasteiger charge is -2.06. The number of aliphatic imine (C=N–C) groups is 1. The molecule has 0 saturated heterocycles. The highest BCUT2D eigenvalue weighted by atomic mass is 35.5. The maximum atomic E-state index is 11.2. The molecule has 0 N–H and O–H groups in total. The van der Waals surface area contributed by atoms with Crippen LogP contribution in [0.1, 0.15) is 11.1 Å². The second-order valence-corrected chi connectivity index (χ2v) is 6.39. The van der Waals surface area contributed by atoms with E-state index < -0.39 is 15.5 Å². The van der Waals surface area contributed by atoms with E-state index in [9.17, 15) is 20.2 Å². The Hall–Kier alpha value is -3.78. The minimum absolute atomic E-state index is 0.0865. The van der Waals surface area contributed by atoms with Gasteiger partial charge >= 0.3 is 5.69 Å². The van der Waals surface area contributed by atoms with Crippen molar-refractivity contribution in [3.8, 4) is 11.5 Å². The van der Waals surface area contributed by atoms with Crippen LogP contribution in [0.4, 0.5) is 17.1 Å². The maximum absolute atomic E-state index is 11.2. The molecule has 3 aromatic carbocycles. The van der Waals surface area contributed by atoms with Gasteiger partial charge in [-0.25, -0.2) is 0 Å². The second-order valence-electron chi connectivity index (χ2n) is 5.98. The number of rotatable bonds is 6. The number of ether oxygens (including phenoxy) is 1. The number of nitro benzene ring substituents is 2. The van der Waals surface area contributed by atoms with Gasteiger partial charge in [-0.2, -0.15) is 0 Å². The molecule has 0 aliphatic heterocycles. The van der Waals surface area contributed by atoms with Gasteiger partial charge in [0.2, 0.25) is 5.75 Å². The highest BCUT2D eigenvalue weighted by Gasteiger charge is 2.21. The van der Waals surface area contributed by atoms with E-state index in [0.717, 1.165) is 28.9 Å². The zero-order valence-corrected chi connectivity index (χ0v) is 15.9. The lowest BCUT2D eigenvalue weighted by molar-refractivity contribution is -0.394. The van der Waals surface area contributed by atoms with E-state index in [-0.39, 0.29) is 11.4 Å². The van der Waals surface area contributed by atoms with Gasteiger partial charge in [0.25, 0.3) is 5.69 Å². The molecule has 0 aliphatic rings. The fraction of sp³-hybridized carbons (Fsp3) is 0.0500. The van der Waals surface area contributed by atoms with Crippen LogP contribution < -0.4 is 4.74 Å². The first kappa shape index (κ1) is 20.0. The molecule has 0 amide bonds. The topological polar surface area (TPSA) is 108 Å². The summed E-state index contributed by atoms with van der Waals surface area (Å²) in [6.45, 7) is 1.88. The van der Waals surface area contributed by atoms with E-state index in [1.165, 1.54) is 6.07 Å². The van der Waals surface area contributed by atoms with Gasteiger partial charge in [-0.05, 0) is 60.5 Å². The molecule has 3 rings (SSSR count). The summed E-state index contributed by atoms with van der Waals surface area (Å²) in [4.78, 5) is 25.0. The number of hydrogen-bond donors (Lipinski definition) is 0. The first-order chi connectivity index (χ1) is 13.8. The smallest absolute Gasteiger partial charge is 0.318 e.